The maximum atomic E-state index is 12.1. The van der Waals surface area contributed by atoms with Crippen LogP contribution in [0.2, 0.25) is 0 Å². The number of nitrogens with zero attached hydrogens (tertiary/aromatic N) is 1. The van der Waals surface area contributed by atoms with Crippen LogP contribution in [0.25, 0.3) is 0 Å². The zero-order chi connectivity index (χ0) is 17.7. The third-order valence-corrected chi connectivity index (χ3v) is 3.96. The summed E-state index contributed by atoms with van der Waals surface area (Å²) in [5.41, 5.74) is 18.5. The van der Waals surface area contributed by atoms with Crippen LogP contribution in [-0.4, -0.2) is 18.4 Å². The van der Waals surface area contributed by atoms with Gasteiger partial charge in [-0.1, -0.05) is 12.1 Å². The molecule has 0 amide bonds. The molecule has 0 aliphatic rings. The predicted octanol–water partition coefficient (Wildman–Crippen LogP) is 2.98. The smallest absolute Gasteiger partial charge is 0.406 e. The largest absolute Gasteiger partial charge is 0.573 e. The van der Waals surface area contributed by atoms with Gasteiger partial charge in [0.05, 0.1) is 5.69 Å². The minimum Gasteiger partial charge on any atom is -0.406 e. The number of pyridine rings is 1. The predicted molar refractivity (Wildman–Crippen MR) is 88.4 cm³/mol. The number of rotatable bonds is 6. The Hall–Kier alpha value is -2.33. The standard InChI is InChI=1S/C14H16F3N5OS/c1-20-22-13-12(19)10(6-11(18)21-13)24-7-8-2-4-9(5-3-8)23-14(15,16)17/h2-6,20H,7,19H2,1H3,(H3,18,21,22). The third kappa shape index (κ3) is 5.10. The molecule has 0 atom stereocenters. The second-order valence-corrected chi connectivity index (χ2v) is 5.68. The van der Waals surface area contributed by atoms with Crippen molar-refractivity contribution in [2.24, 2.45) is 0 Å². The fourth-order valence-electron chi connectivity index (χ4n) is 1.83. The van der Waals surface area contributed by atoms with Crippen molar-refractivity contribution in [1.29, 1.82) is 0 Å². The number of hydrogen-bond donors (Lipinski definition) is 4. The zero-order valence-electron chi connectivity index (χ0n) is 12.6. The molecule has 0 aliphatic heterocycles. The molecule has 0 saturated carbocycles. The molecule has 6 nitrogen and oxygen atoms in total. The number of nitrogens with one attached hydrogen (secondary N) is 2. The fourth-order valence-corrected chi connectivity index (χ4v) is 2.80. The van der Waals surface area contributed by atoms with Crippen molar-refractivity contribution in [3.8, 4) is 5.75 Å². The number of ether oxygens (including phenoxy) is 1. The molecular formula is C14H16F3N5OS. The van der Waals surface area contributed by atoms with E-state index in [1.807, 2.05) is 0 Å². The lowest BCUT2D eigenvalue weighted by Crippen LogP contribution is -2.18. The number of nitrogen functional groups attached to an aromatic ring is 2. The summed E-state index contributed by atoms with van der Waals surface area (Å²) in [5.74, 6) is 0.954. The molecule has 1 heterocycles. The summed E-state index contributed by atoms with van der Waals surface area (Å²) in [6, 6.07) is 7.29. The lowest BCUT2D eigenvalue weighted by Gasteiger charge is -2.12. The number of nitrogens with two attached hydrogens (primary N) is 2. The van der Waals surface area contributed by atoms with Crippen LogP contribution in [0, 0.1) is 0 Å². The van der Waals surface area contributed by atoms with E-state index >= 15 is 0 Å². The first kappa shape index (κ1) is 18.0. The molecule has 130 valence electrons. The number of anilines is 3. The summed E-state index contributed by atoms with van der Waals surface area (Å²) >= 11 is 1.40. The van der Waals surface area contributed by atoms with Crippen molar-refractivity contribution in [3.05, 3.63) is 35.9 Å². The number of hydrazine groups is 1. The monoisotopic (exact) mass is 359 g/mol. The minimum absolute atomic E-state index is 0.260. The van der Waals surface area contributed by atoms with Gasteiger partial charge in [-0.15, -0.1) is 24.9 Å². The van der Waals surface area contributed by atoms with E-state index in [2.05, 4.69) is 20.6 Å². The van der Waals surface area contributed by atoms with Gasteiger partial charge in [0.25, 0.3) is 0 Å². The molecule has 1 aromatic heterocycles. The second-order valence-electron chi connectivity index (χ2n) is 4.66. The Morgan fingerprint density at radius 1 is 1.21 bits per heavy atom. The van der Waals surface area contributed by atoms with E-state index in [1.54, 1.807) is 25.2 Å². The van der Waals surface area contributed by atoms with E-state index in [9.17, 15) is 13.2 Å². The van der Waals surface area contributed by atoms with Crippen molar-refractivity contribution in [1.82, 2.24) is 10.4 Å². The van der Waals surface area contributed by atoms with E-state index in [0.29, 0.717) is 23.1 Å². The van der Waals surface area contributed by atoms with E-state index < -0.39 is 6.36 Å². The highest BCUT2D eigenvalue weighted by molar-refractivity contribution is 7.98. The van der Waals surface area contributed by atoms with Crippen molar-refractivity contribution in [2.45, 2.75) is 17.0 Å². The molecule has 0 aliphatic carbocycles. The molecule has 0 unspecified atom stereocenters. The van der Waals surface area contributed by atoms with E-state index in [0.717, 1.165) is 10.5 Å². The highest BCUT2D eigenvalue weighted by Crippen LogP contribution is 2.33. The number of thioether (sulfide) groups is 1. The van der Waals surface area contributed by atoms with Gasteiger partial charge in [-0.2, -0.15) is 0 Å². The summed E-state index contributed by atoms with van der Waals surface area (Å²) in [6.07, 6.45) is -4.70. The Morgan fingerprint density at radius 2 is 1.88 bits per heavy atom. The Morgan fingerprint density at radius 3 is 2.46 bits per heavy atom. The van der Waals surface area contributed by atoms with Gasteiger partial charge >= 0.3 is 6.36 Å². The van der Waals surface area contributed by atoms with Crippen molar-refractivity contribution < 1.29 is 17.9 Å². The summed E-state index contributed by atoms with van der Waals surface area (Å²) < 4.78 is 40.2. The normalized spacial score (nSPS) is 11.3. The highest BCUT2D eigenvalue weighted by atomic mass is 32.2. The van der Waals surface area contributed by atoms with Crippen molar-refractivity contribution in [3.63, 3.8) is 0 Å². The molecule has 0 spiro atoms. The van der Waals surface area contributed by atoms with Crippen LogP contribution in [0.1, 0.15) is 5.56 Å². The number of aromatic nitrogens is 1. The maximum Gasteiger partial charge on any atom is 0.573 e. The molecule has 2 rings (SSSR count). The van der Waals surface area contributed by atoms with Gasteiger partial charge < -0.3 is 21.6 Å². The number of halogens is 3. The first-order valence-corrected chi connectivity index (χ1v) is 7.73. The second kappa shape index (κ2) is 7.49. The lowest BCUT2D eigenvalue weighted by atomic mass is 10.2. The van der Waals surface area contributed by atoms with Gasteiger partial charge in [-0.05, 0) is 23.8 Å². The van der Waals surface area contributed by atoms with Crippen LogP contribution in [0.4, 0.5) is 30.5 Å². The van der Waals surface area contributed by atoms with Crippen LogP contribution >= 0.6 is 11.8 Å². The topological polar surface area (TPSA) is 98.2 Å². The number of benzene rings is 1. The molecule has 1 aromatic carbocycles. The van der Waals surface area contributed by atoms with Crippen LogP contribution in [-0.2, 0) is 5.75 Å². The lowest BCUT2D eigenvalue weighted by molar-refractivity contribution is -0.274. The van der Waals surface area contributed by atoms with Gasteiger partial charge in [-0.3, -0.25) is 0 Å². The molecule has 10 heteroatoms. The van der Waals surface area contributed by atoms with Gasteiger partial charge in [0.15, 0.2) is 5.82 Å². The molecule has 0 saturated heterocycles. The van der Waals surface area contributed by atoms with Crippen LogP contribution in [0.15, 0.2) is 35.2 Å². The van der Waals surface area contributed by atoms with Crippen molar-refractivity contribution in [2.75, 3.05) is 23.9 Å². The summed E-state index contributed by atoms with van der Waals surface area (Å²) in [5, 5.41) is 0. The molecule has 0 fully saturated rings. The Balaban J connectivity index is 2.05. The Bertz CT molecular complexity index is 694. The first-order chi connectivity index (χ1) is 11.3. The highest BCUT2D eigenvalue weighted by Gasteiger charge is 2.30. The van der Waals surface area contributed by atoms with Crippen LogP contribution < -0.4 is 27.1 Å². The van der Waals surface area contributed by atoms with Gasteiger partial charge in [0.1, 0.15) is 11.6 Å². The Kier molecular flexibility index (Phi) is 5.62. The van der Waals surface area contributed by atoms with E-state index in [1.165, 1.54) is 23.9 Å². The van der Waals surface area contributed by atoms with E-state index in [-0.39, 0.29) is 5.75 Å². The molecule has 0 radical (unpaired) electrons. The van der Waals surface area contributed by atoms with Crippen LogP contribution in [0.5, 0.6) is 5.75 Å². The third-order valence-electron chi connectivity index (χ3n) is 2.84. The maximum absolute atomic E-state index is 12.1. The molecule has 24 heavy (non-hydrogen) atoms. The average Bonchev–Trinajstić information content (AvgIpc) is 2.49. The fraction of sp³-hybridized carbons (Fsp3) is 0.214. The first-order valence-electron chi connectivity index (χ1n) is 6.74. The molecular weight excluding hydrogens is 343 g/mol. The average molecular weight is 359 g/mol. The quantitative estimate of drug-likeness (QED) is 0.465. The summed E-state index contributed by atoms with van der Waals surface area (Å²) in [7, 11) is 1.67. The van der Waals surface area contributed by atoms with Gasteiger partial charge in [0, 0.05) is 17.7 Å². The molecule has 0 bridgehead atoms. The Labute approximate surface area is 140 Å². The van der Waals surface area contributed by atoms with Gasteiger partial charge in [-0.25, -0.2) is 10.4 Å². The zero-order valence-corrected chi connectivity index (χ0v) is 13.5. The number of alkyl halides is 3. The molecule has 2 aromatic rings. The number of hydrogen-bond acceptors (Lipinski definition) is 7. The molecule has 6 N–H and O–H groups in total. The summed E-state index contributed by atoms with van der Waals surface area (Å²) in [6.45, 7) is 0. The minimum atomic E-state index is -4.70. The summed E-state index contributed by atoms with van der Waals surface area (Å²) in [4.78, 5) is 4.78. The van der Waals surface area contributed by atoms with Crippen molar-refractivity contribution >= 4 is 29.1 Å². The van der Waals surface area contributed by atoms with Gasteiger partial charge in [0.2, 0.25) is 0 Å². The van der Waals surface area contributed by atoms with E-state index in [4.69, 9.17) is 11.5 Å². The SMILES string of the molecule is CNNc1nc(N)cc(SCc2ccc(OC(F)(F)F)cc2)c1N. The van der Waals surface area contributed by atoms with Crippen LogP contribution in [0.3, 0.4) is 0 Å².